The molecule has 0 spiro atoms. The van der Waals surface area contributed by atoms with E-state index in [0.29, 0.717) is 16.3 Å². The minimum Gasteiger partial charge on any atom is -0.333 e. The highest BCUT2D eigenvalue weighted by Crippen LogP contribution is 2.38. The summed E-state index contributed by atoms with van der Waals surface area (Å²) in [6.45, 7) is -0.0234. The Morgan fingerprint density at radius 3 is 2.59 bits per heavy atom. The summed E-state index contributed by atoms with van der Waals surface area (Å²) in [6.07, 6.45) is 3.57. The number of nitrogens with one attached hydrogen (secondary N) is 2. The fourth-order valence-corrected chi connectivity index (χ4v) is 4.75. The fourth-order valence-electron chi connectivity index (χ4n) is 3.73. The Balaban J connectivity index is 1.46. The molecule has 34 heavy (non-hydrogen) atoms. The molecule has 170 valence electrons. The van der Waals surface area contributed by atoms with Crippen LogP contribution in [0.25, 0.3) is 22.0 Å². The third-order valence-electron chi connectivity index (χ3n) is 5.45. The van der Waals surface area contributed by atoms with E-state index < -0.39 is 6.03 Å². The van der Waals surface area contributed by atoms with Crippen molar-refractivity contribution >= 4 is 34.3 Å². The van der Waals surface area contributed by atoms with Crippen LogP contribution >= 0.6 is 11.3 Å². The van der Waals surface area contributed by atoms with E-state index in [1.807, 2.05) is 48.1 Å². The zero-order valence-electron chi connectivity index (χ0n) is 18.2. The lowest BCUT2D eigenvalue weighted by Gasteiger charge is -2.15. The SMILES string of the molecule is Cn1ccnc1-c1sc(NC(=O)c2ccccc2CN2C(=O)CNC2=O)nc1-c1ccccc1. The molecule has 10 heteroatoms. The predicted molar refractivity (Wildman–Crippen MR) is 128 cm³/mol. The van der Waals surface area contributed by atoms with E-state index in [1.165, 1.54) is 11.3 Å². The number of hydrogen-bond acceptors (Lipinski definition) is 6. The molecule has 1 saturated heterocycles. The molecule has 4 amide bonds. The largest absolute Gasteiger partial charge is 0.333 e. The van der Waals surface area contributed by atoms with Crippen molar-refractivity contribution in [2.45, 2.75) is 6.54 Å². The Morgan fingerprint density at radius 2 is 1.88 bits per heavy atom. The minimum absolute atomic E-state index is 0.0138. The van der Waals surface area contributed by atoms with E-state index in [1.54, 1.807) is 30.5 Å². The van der Waals surface area contributed by atoms with Crippen LogP contribution in [0.4, 0.5) is 9.93 Å². The van der Waals surface area contributed by atoms with Crippen LogP contribution in [0.3, 0.4) is 0 Å². The zero-order chi connectivity index (χ0) is 23.7. The monoisotopic (exact) mass is 472 g/mol. The van der Waals surface area contributed by atoms with Gasteiger partial charge in [-0.2, -0.15) is 0 Å². The maximum atomic E-state index is 13.2. The van der Waals surface area contributed by atoms with Gasteiger partial charge in [0.15, 0.2) is 11.0 Å². The van der Waals surface area contributed by atoms with Crippen molar-refractivity contribution in [2.24, 2.45) is 7.05 Å². The van der Waals surface area contributed by atoms with Crippen LogP contribution in [-0.4, -0.2) is 43.8 Å². The van der Waals surface area contributed by atoms with Gasteiger partial charge in [0.2, 0.25) is 5.91 Å². The number of carbonyl (C=O) groups excluding carboxylic acids is 3. The summed E-state index contributed by atoms with van der Waals surface area (Å²) >= 11 is 1.33. The number of amides is 4. The molecule has 2 aromatic carbocycles. The van der Waals surface area contributed by atoms with Gasteiger partial charge < -0.3 is 9.88 Å². The summed E-state index contributed by atoms with van der Waals surface area (Å²) in [5, 5.41) is 5.80. The molecule has 2 aromatic heterocycles. The Bertz CT molecular complexity index is 1380. The number of aromatic nitrogens is 3. The number of rotatable bonds is 6. The highest BCUT2D eigenvalue weighted by molar-refractivity contribution is 7.19. The first-order valence-corrected chi connectivity index (χ1v) is 11.3. The van der Waals surface area contributed by atoms with Crippen LogP contribution in [0.5, 0.6) is 0 Å². The lowest BCUT2D eigenvalue weighted by atomic mass is 10.1. The van der Waals surface area contributed by atoms with Crippen molar-refractivity contribution in [3.8, 4) is 22.0 Å². The van der Waals surface area contributed by atoms with E-state index in [9.17, 15) is 14.4 Å². The highest BCUT2D eigenvalue weighted by atomic mass is 32.1. The summed E-state index contributed by atoms with van der Waals surface area (Å²) in [7, 11) is 1.90. The number of thiazole rings is 1. The van der Waals surface area contributed by atoms with E-state index in [4.69, 9.17) is 4.98 Å². The van der Waals surface area contributed by atoms with Crippen molar-refractivity contribution in [1.82, 2.24) is 24.8 Å². The molecule has 1 fully saturated rings. The molecule has 0 saturated carbocycles. The molecule has 1 aliphatic rings. The first-order valence-electron chi connectivity index (χ1n) is 10.5. The van der Waals surface area contributed by atoms with Crippen LogP contribution < -0.4 is 10.6 Å². The van der Waals surface area contributed by atoms with Gasteiger partial charge in [0.1, 0.15) is 0 Å². The second kappa shape index (κ2) is 8.91. The van der Waals surface area contributed by atoms with E-state index in [-0.39, 0.29) is 24.9 Å². The second-order valence-electron chi connectivity index (χ2n) is 7.67. The summed E-state index contributed by atoms with van der Waals surface area (Å²) in [4.78, 5) is 48.3. The molecule has 2 N–H and O–H groups in total. The van der Waals surface area contributed by atoms with E-state index in [0.717, 1.165) is 26.9 Å². The molecule has 0 aliphatic carbocycles. The summed E-state index contributed by atoms with van der Waals surface area (Å²) < 4.78 is 1.90. The normalized spacial score (nSPS) is 13.3. The molecule has 4 aromatic rings. The Labute approximate surface area is 199 Å². The Morgan fingerprint density at radius 1 is 1.12 bits per heavy atom. The number of carbonyl (C=O) groups is 3. The van der Waals surface area contributed by atoms with Gasteiger partial charge in [-0.25, -0.2) is 14.8 Å². The molecule has 3 heterocycles. The number of hydrogen-bond donors (Lipinski definition) is 2. The smallest absolute Gasteiger partial charge is 0.324 e. The van der Waals surface area contributed by atoms with Crippen LogP contribution in [0.1, 0.15) is 15.9 Å². The van der Waals surface area contributed by atoms with Gasteiger partial charge in [0, 0.05) is 30.6 Å². The number of imidazole rings is 1. The number of nitrogens with zero attached hydrogens (tertiary/aromatic N) is 4. The third kappa shape index (κ3) is 4.06. The summed E-state index contributed by atoms with van der Waals surface area (Å²) in [6, 6.07) is 16.1. The maximum Gasteiger partial charge on any atom is 0.324 e. The predicted octanol–water partition coefficient (Wildman–Crippen LogP) is 3.51. The molecule has 0 radical (unpaired) electrons. The van der Waals surface area contributed by atoms with Crippen molar-refractivity contribution in [2.75, 3.05) is 11.9 Å². The molecule has 0 atom stereocenters. The summed E-state index contributed by atoms with van der Waals surface area (Å²) in [5.74, 6) is 0.0468. The van der Waals surface area contributed by atoms with Gasteiger partial charge in [-0.15, -0.1) is 0 Å². The second-order valence-corrected chi connectivity index (χ2v) is 8.67. The van der Waals surface area contributed by atoms with Crippen LogP contribution in [0.2, 0.25) is 0 Å². The van der Waals surface area contributed by atoms with Gasteiger partial charge in [0.25, 0.3) is 5.91 Å². The van der Waals surface area contributed by atoms with E-state index in [2.05, 4.69) is 15.6 Å². The number of benzene rings is 2. The molecule has 1 aliphatic heterocycles. The van der Waals surface area contributed by atoms with Crippen LogP contribution in [-0.2, 0) is 18.4 Å². The maximum absolute atomic E-state index is 13.2. The minimum atomic E-state index is -0.465. The van der Waals surface area contributed by atoms with Gasteiger partial charge in [-0.05, 0) is 11.6 Å². The molecular weight excluding hydrogens is 452 g/mol. The first kappa shape index (κ1) is 21.5. The molecule has 0 bridgehead atoms. The van der Waals surface area contributed by atoms with Crippen molar-refractivity contribution < 1.29 is 14.4 Å². The average Bonchev–Trinajstić information content (AvgIpc) is 3.54. The van der Waals surface area contributed by atoms with Gasteiger partial charge in [-0.3, -0.25) is 19.8 Å². The third-order valence-corrected chi connectivity index (χ3v) is 6.41. The van der Waals surface area contributed by atoms with Gasteiger partial charge in [0.05, 0.1) is 23.7 Å². The van der Waals surface area contributed by atoms with Crippen molar-refractivity contribution in [3.05, 3.63) is 78.1 Å². The lowest BCUT2D eigenvalue weighted by Crippen LogP contribution is -2.31. The van der Waals surface area contributed by atoms with Crippen molar-refractivity contribution in [1.29, 1.82) is 0 Å². The van der Waals surface area contributed by atoms with E-state index >= 15 is 0 Å². The number of imide groups is 1. The number of aryl methyl sites for hydroxylation is 1. The van der Waals surface area contributed by atoms with Crippen molar-refractivity contribution in [3.63, 3.8) is 0 Å². The molecule has 9 nitrogen and oxygen atoms in total. The topological polar surface area (TPSA) is 109 Å². The van der Waals surface area contributed by atoms with Crippen LogP contribution in [0.15, 0.2) is 67.0 Å². The standard InChI is InChI=1S/C24H20N6O3S/c1-29-12-11-25-21(29)20-19(15-7-3-2-4-8-15)27-23(34-20)28-22(32)17-10-6-5-9-16(17)14-30-18(31)13-26-24(30)33/h2-12H,13-14H2,1H3,(H,26,33)(H,27,28,32). The molecule has 0 unspecified atom stereocenters. The quantitative estimate of drug-likeness (QED) is 0.418. The number of urea groups is 1. The van der Waals surface area contributed by atoms with Gasteiger partial charge in [-0.1, -0.05) is 59.9 Å². The Hall–Kier alpha value is -4.31. The lowest BCUT2D eigenvalue weighted by molar-refractivity contribution is -0.125. The molecule has 5 rings (SSSR count). The fraction of sp³-hybridized carbons (Fsp3) is 0.125. The zero-order valence-corrected chi connectivity index (χ0v) is 19.0. The van der Waals surface area contributed by atoms with Gasteiger partial charge >= 0.3 is 6.03 Å². The Kier molecular flexibility index (Phi) is 5.64. The van der Waals surface area contributed by atoms with Crippen LogP contribution in [0, 0.1) is 0 Å². The highest BCUT2D eigenvalue weighted by Gasteiger charge is 2.29. The number of anilines is 1. The summed E-state index contributed by atoms with van der Waals surface area (Å²) in [5.41, 5.74) is 2.57. The molecular formula is C24H20N6O3S. The first-order chi connectivity index (χ1) is 16.5. The average molecular weight is 473 g/mol.